The van der Waals surface area contributed by atoms with Crippen LogP contribution < -0.4 is 0 Å². The molecule has 13 heterocycles. The minimum atomic E-state index is -3.18. The van der Waals surface area contributed by atoms with Crippen LogP contribution in [0.2, 0.25) is 0 Å². The Morgan fingerprint density at radius 1 is 0.368 bits per heavy atom. The summed E-state index contributed by atoms with van der Waals surface area (Å²) in [6.45, 7) is 8.55. The number of hydrogen-bond donors (Lipinski definition) is 0. The summed E-state index contributed by atoms with van der Waals surface area (Å²) in [5.41, 5.74) is 0.355. The molecule has 0 unspecified atom stereocenters. The van der Waals surface area contributed by atoms with Gasteiger partial charge in [0.05, 0.1) is 76.4 Å². The molecule has 8 saturated carbocycles. The molecule has 0 aromatic rings. The Morgan fingerprint density at radius 2 is 0.588 bits per heavy atom. The highest BCUT2D eigenvalue weighted by Crippen LogP contribution is 2.53. The third kappa shape index (κ3) is 12.1. The summed E-state index contributed by atoms with van der Waals surface area (Å²) in [5, 5.41) is -0.926. The molecule has 0 radical (unpaired) electrons. The summed E-state index contributed by atoms with van der Waals surface area (Å²) in [4.78, 5) is 11.3. The molecule has 21 rings (SSSR count). The van der Waals surface area contributed by atoms with Crippen molar-refractivity contribution < 1.29 is 45.3 Å². The zero-order valence-corrected chi connectivity index (χ0v) is 44.4. The average molecular weight is 991 g/mol. The van der Waals surface area contributed by atoms with Crippen LogP contribution in [-0.2, 0) is 48.2 Å². The molecule has 390 valence electrons. The van der Waals surface area contributed by atoms with Crippen molar-refractivity contribution in [3.63, 3.8) is 0 Å². The Hall–Kier alpha value is -0.790. The van der Waals surface area contributed by atoms with E-state index in [1.165, 1.54) is 25.7 Å². The van der Waals surface area contributed by atoms with Crippen molar-refractivity contribution in [2.75, 3.05) is 6.61 Å². The zero-order valence-electron chi connectivity index (χ0n) is 42.8. The van der Waals surface area contributed by atoms with Crippen LogP contribution in [0, 0.1) is 34.5 Å². The molecule has 0 amide bonds. The fourth-order valence-corrected chi connectivity index (χ4v) is 21.4. The minimum Gasteiger partial charge on any atom is -0.468 e. The number of hydrogen-bond acceptors (Lipinski definition) is 10. The van der Waals surface area contributed by atoms with E-state index in [1.807, 2.05) is 0 Å². The Bertz CT molecular complexity index is 1670. The number of carbonyl (C=O) groups excluding carboxylic acids is 1. The normalized spacial score (nSPS) is 46.0. The first-order chi connectivity index (χ1) is 32.7. The van der Waals surface area contributed by atoms with Crippen LogP contribution in [0.3, 0.4) is 0 Å². The second-order valence-electron chi connectivity index (χ2n) is 25.3. The second kappa shape index (κ2) is 22.8. The van der Waals surface area contributed by atoms with E-state index >= 15 is 0 Å². The van der Waals surface area contributed by atoms with Gasteiger partial charge in [0.15, 0.2) is 19.7 Å². The predicted octanol–water partition coefficient (Wildman–Crippen LogP) is 12.0. The SMILES string of the molecule is CC1(C)C2CCC(CC2)OC2CCC(CC2)S(=O)(=O)C2CCC(CC2)OC2CCC(CC2)C(C)(CCOC=O)C2CCC(CC2)OC2CCC(CC2)S(=O)(=O)C2CCC(CC2)OC2CCC1CC2. The van der Waals surface area contributed by atoms with E-state index in [4.69, 9.17) is 23.7 Å². The Labute approximate surface area is 413 Å². The number of carbonyl (C=O) groups is 1. The molecule has 16 bridgehead atoms. The van der Waals surface area contributed by atoms with Crippen molar-refractivity contribution in [2.45, 2.75) is 302 Å². The maximum atomic E-state index is 14.1. The van der Waals surface area contributed by atoms with E-state index in [-0.39, 0.29) is 68.5 Å². The van der Waals surface area contributed by atoms with E-state index < -0.39 is 19.7 Å². The van der Waals surface area contributed by atoms with Gasteiger partial charge in [-0.2, -0.15) is 0 Å². The number of ether oxygens (including phenoxy) is 5. The summed E-state index contributed by atoms with van der Waals surface area (Å²) >= 11 is 0. The zero-order chi connectivity index (χ0) is 47.5. The molecule has 0 aromatic carbocycles. The standard InChI is InChI=1S/C56H94O10S2/c1-55(2)39-4-12-43(13-5-39)63-47-20-28-51(29-21-47)67(58,59)53-32-24-49(25-33-53)65-45-16-8-41(9-17-45)56(3,36-37-62-38-57)42-10-18-46(19-11-42)66-50-26-34-54(35-27-50)68(60,61)52-30-22-48(23-31-52)64-44-14-6-40(55)7-15-44/h38-54H,4-37H2,1-3H3. The van der Waals surface area contributed by atoms with Gasteiger partial charge in [-0.05, 0) is 246 Å². The first-order valence-electron chi connectivity index (χ1n) is 28.8. The topological polar surface area (TPSA) is 132 Å². The molecule has 21 fully saturated rings. The van der Waals surface area contributed by atoms with Gasteiger partial charge in [-0.15, -0.1) is 0 Å². The lowest BCUT2D eigenvalue weighted by Gasteiger charge is -2.49. The molecule has 0 atom stereocenters. The fourth-order valence-electron chi connectivity index (χ4n) is 16.6. The van der Waals surface area contributed by atoms with Gasteiger partial charge in [0.1, 0.15) is 0 Å². The lowest BCUT2D eigenvalue weighted by atomic mass is 9.58. The maximum Gasteiger partial charge on any atom is 0.293 e. The number of rotatable bonds is 4. The molecule has 0 aromatic heterocycles. The van der Waals surface area contributed by atoms with Crippen molar-refractivity contribution in [1.29, 1.82) is 0 Å². The lowest BCUT2D eigenvalue weighted by Crippen LogP contribution is -2.43. The highest BCUT2D eigenvalue weighted by molar-refractivity contribution is 7.92. The number of sulfone groups is 2. The highest BCUT2D eigenvalue weighted by atomic mass is 32.2. The molecule has 0 spiro atoms. The summed E-state index contributed by atoms with van der Waals surface area (Å²) in [6.07, 6.45) is 33.1. The van der Waals surface area contributed by atoms with Crippen LogP contribution in [0.15, 0.2) is 0 Å². The molecule has 10 nitrogen and oxygen atoms in total. The van der Waals surface area contributed by atoms with E-state index in [1.54, 1.807) is 0 Å². The third-order valence-corrected chi connectivity index (χ3v) is 27.0. The van der Waals surface area contributed by atoms with Crippen LogP contribution in [0.4, 0.5) is 0 Å². The van der Waals surface area contributed by atoms with Gasteiger partial charge >= 0.3 is 0 Å². The molecule has 12 heteroatoms. The van der Waals surface area contributed by atoms with Gasteiger partial charge in [0, 0.05) is 0 Å². The monoisotopic (exact) mass is 991 g/mol. The van der Waals surface area contributed by atoms with Gasteiger partial charge in [-0.1, -0.05) is 20.8 Å². The van der Waals surface area contributed by atoms with Gasteiger partial charge in [0.2, 0.25) is 0 Å². The molecule has 0 N–H and O–H groups in total. The second-order valence-corrected chi connectivity index (χ2v) is 30.3. The smallest absolute Gasteiger partial charge is 0.293 e. The average Bonchev–Trinajstić information content (AvgIpc) is 3.35. The van der Waals surface area contributed by atoms with Crippen LogP contribution in [0.25, 0.3) is 0 Å². The van der Waals surface area contributed by atoms with Crippen molar-refractivity contribution in [3.05, 3.63) is 0 Å². The Balaban J connectivity index is 0.815. The van der Waals surface area contributed by atoms with Gasteiger partial charge in [-0.25, -0.2) is 16.8 Å². The summed E-state index contributed by atoms with van der Waals surface area (Å²) < 4.78 is 88.7. The van der Waals surface area contributed by atoms with Crippen molar-refractivity contribution >= 4 is 26.1 Å². The molecule has 21 aliphatic rings. The van der Waals surface area contributed by atoms with E-state index in [0.29, 0.717) is 49.0 Å². The van der Waals surface area contributed by atoms with Crippen LogP contribution in [-0.4, -0.2) is 99.7 Å². The maximum absolute atomic E-state index is 14.1. The molecular formula is C56H94O10S2. The van der Waals surface area contributed by atoms with E-state index in [9.17, 15) is 21.6 Å². The van der Waals surface area contributed by atoms with Crippen molar-refractivity contribution in [3.8, 4) is 0 Å². The van der Waals surface area contributed by atoms with Gasteiger partial charge in [0.25, 0.3) is 6.47 Å². The third-order valence-electron chi connectivity index (χ3n) is 21.4. The molecule has 8 aliphatic carbocycles. The minimum absolute atomic E-state index is 0.0672. The first kappa shape index (κ1) is 52.1. The van der Waals surface area contributed by atoms with Gasteiger partial charge < -0.3 is 23.7 Å². The fraction of sp³-hybridized carbons (Fsp3) is 0.982. The molecule has 13 saturated heterocycles. The summed E-state index contributed by atoms with van der Waals surface area (Å²) in [6, 6.07) is 0. The van der Waals surface area contributed by atoms with Crippen LogP contribution >= 0.6 is 0 Å². The summed E-state index contributed by atoms with van der Waals surface area (Å²) in [7, 11) is -6.36. The van der Waals surface area contributed by atoms with Crippen LogP contribution in [0.1, 0.15) is 233 Å². The Morgan fingerprint density at radius 3 is 0.824 bits per heavy atom. The largest absolute Gasteiger partial charge is 0.468 e. The van der Waals surface area contributed by atoms with Crippen molar-refractivity contribution in [2.24, 2.45) is 34.5 Å². The van der Waals surface area contributed by atoms with Gasteiger partial charge in [-0.3, -0.25) is 4.79 Å². The highest BCUT2D eigenvalue weighted by Gasteiger charge is 2.47. The summed E-state index contributed by atoms with van der Waals surface area (Å²) in [5.74, 6) is 2.49. The first-order valence-corrected chi connectivity index (χ1v) is 32.0. The van der Waals surface area contributed by atoms with E-state index in [2.05, 4.69) is 20.8 Å². The quantitative estimate of drug-likeness (QED) is 0.198. The van der Waals surface area contributed by atoms with Crippen LogP contribution in [0.5, 0.6) is 0 Å². The van der Waals surface area contributed by atoms with Crippen molar-refractivity contribution in [1.82, 2.24) is 0 Å². The predicted molar refractivity (Wildman–Crippen MR) is 268 cm³/mol. The lowest BCUT2D eigenvalue weighted by molar-refractivity contribution is -0.130. The Kier molecular flexibility index (Phi) is 17.4. The molecule has 68 heavy (non-hydrogen) atoms. The molecular weight excluding hydrogens is 897 g/mol. The van der Waals surface area contributed by atoms with E-state index in [0.717, 1.165) is 186 Å². The molecule has 13 aliphatic heterocycles.